The van der Waals surface area contributed by atoms with Gasteiger partial charge in [-0.2, -0.15) is 0 Å². The van der Waals surface area contributed by atoms with Gasteiger partial charge in [-0.25, -0.2) is 0 Å². The molecule has 0 bridgehead atoms. The molecule has 0 atom stereocenters. The summed E-state index contributed by atoms with van der Waals surface area (Å²) in [7, 11) is 4.58. The minimum absolute atomic E-state index is 0.0923. The lowest BCUT2D eigenvalue weighted by Gasteiger charge is -2.34. The zero-order valence-corrected chi connectivity index (χ0v) is 21.5. The molecule has 0 N–H and O–H groups in total. The standard InChI is InChI=1S/C28H33N3O5/c1-19-15-23(20(2)31(19)22-9-7-6-8-10-22)24(32)18-29-11-13-30(14-12-29)28(33)21-16-25(34-3)27(36-5)26(17-21)35-4/h6-10,15-17H,11-14,18H2,1-5H3. The maximum atomic E-state index is 13.2. The number of nitrogens with zero attached hydrogens (tertiary/aromatic N) is 3. The molecule has 1 aliphatic heterocycles. The topological polar surface area (TPSA) is 73.2 Å². The van der Waals surface area contributed by atoms with E-state index in [1.807, 2.05) is 50.2 Å². The summed E-state index contributed by atoms with van der Waals surface area (Å²) in [6.45, 7) is 6.65. The first kappa shape index (κ1) is 25.3. The van der Waals surface area contributed by atoms with Crippen molar-refractivity contribution in [2.75, 3.05) is 54.1 Å². The van der Waals surface area contributed by atoms with Gasteiger partial charge in [0.1, 0.15) is 0 Å². The summed E-state index contributed by atoms with van der Waals surface area (Å²) in [5.41, 5.74) is 4.24. The zero-order chi connectivity index (χ0) is 25.8. The van der Waals surface area contributed by atoms with E-state index in [0.717, 1.165) is 22.6 Å². The van der Waals surface area contributed by atoms with Gasteiger partial charge >= 0.3 is 0 Å². The van der Waals surface area contributed by atoms with Gasteiger partial charge in [-0.3, -0.25) is 14.5 Å². The van der Waals surface area contributed by atoms with E-state index < -0.39 is 0 Å². The molecule has 0 spiro atoms. The molecular weight excluding hydrogens is 458 g/mol. The summed E-state index contributed by atoms with van der Waals surface area (Å²) < 4.78 is 18.2. The molecule has 36 heavy (non-hydrogen) atoms. The Kier molecular flexibility index (Phi) is 7.64. The van der Waals surface area contributed by atoms with Gasteiger partial charge in [0.2, 0.25) is 5.75 Å². The Morgan fingerprint density at radius 1 is 0.833 bits per heavy atom. The Morgan fingerprint density at radius 3 is 2.00 bits per heavy atom. The van der Waals surface area contributed by atoms with E-state index in [4.69, 9.17) is 14.2 Å². The number of rotatable bonds is 8. The quantitative estimate of drug-likeness (QED) is 0.447. The highest BCUT2D eigenvalue weighted by atomic mass is 16.5. The predicted molar refractivity (Wildman–Crippen MR) is 138 cm³/mol. The number of aromatic nitrogens is 1. The number of Topliss-reactive ketones (excluding diaryl/α,β-unsaturated/α-hetero) is 1. The largest absolute Gasteiger partial charge is 0.493 e. The number of hydrogen-bond donors (Lipinski definition) is 0. The Morgan fingerprint density at radius 2 is 1.44 bits per heavy atom. The number of carbonyl (C=O) groups excluding carboxylic acids is 2. The third kappa shape index (κ3) is 4.95. The fourth-order valence-electron chi connectivity index (χ4n) is 4.80. The number of piperazine rings is 1. The highest BCUT2D eigenvalue weighted by molar-refractivity contribution is 5.99. The fourth-order valence-corrected chi connectivity index (χ4v) is 4.80. The van der Waals surface area contributed by atoms with Crippen LogP contribution in [-0.4, -0.2) is 80.1 Å². The van der Waals surface area contributed by atoms with Crippen LogP contribution in [-0.2, 0) is 0 Å². The number of amides is 1. The normalized spacial score (nSPS) is 14.0. The van der Waals surface area contributed by atoms with Gasteiger partial charge < -0.3 is 23.7 Å². The van der Waals surface area contributed by atoms with Gasteiger partial charge in [0.15, 0.2) is 17.3 Å². The van der Waals surface area contributed by atoms with Crippen molar-refractivity contribution in [1.82, 2.24) is 14.4 Å². The van der Waals surface area contributed by atoms with Crippen LogP contribution in [0.5, 0.6) is 17.2 Å². The average molecular weight is 492 g/mol. The molecule has 0 saturated carbocycles. The number of hydrogen-bond acceptors (Lipinski definition) is 6. The molecule has 1 amide bonds. The highest BCUT2D eigenvalue weighted by Crippen LogP contribution is 2.38. The number of para-hydroxylation sites is 1. The monoisotopic (exact) mass is 491 g/mol. The summed E-state index contributed by atoms with van der Waals surface area (Å²) in [5.74, 6) is 1.32. The van der Waals surface area contributed by atoms with Gasteiger partial charge in [0.25, 0.3) is 5.91 Å². The Labute approximate surface area is 212 Å². The maximum Gasteiger partial charge on any atom is 0.254 e. The maximum absolute atomic E-state index is 13.2. The van der Waals surface area contributed by atoms with Crippen LogP contribution in [0, 0.1) is 13.8 Å². The first-order valence-corrected chi connectivity index (χ1v) is 12.0. The molecule has 1 saturated heterocycles. The number of methoxy groups -OCH3 is 3. The van der Waals surface area contributed by atoms with E-state index in [1.165, 1.54) is 21.3 Å². The lowest BCUT2D eigenvalue weighted by atomic mass is 10.1. The van der Waals surface area contributed by atoms with Gasteiger partial charge in [-0.05, 0) is 44.2 Å². The second-order valence-electron chi connectivity index (χ2n) is 8.86. The molecule has 0 unspecified atom stereocenters. The molecule has 1 fully saturated rings. The lowest BCUT2D eigenvalue weighted by Crippen LogP contribution is -2.49. The highest BCUT2D eigenvalue weighted by Gasteiger charge is 2.26. The summed E-state index contributed by atoms with van der Waals surface area (Å²) in [6, 6.07) is 15.4. The smallest absolute Gasteiger partial charge is 0.254 e. The van der Waals surface area contributed by atoms with Crippen LogP contribution >= 0.6 is 0 Å². The minimum Gasteiger partial charge on any atom is -0.493 e. The van der Waals surface area contributed by atoms with E-state index in [0.29, 0.717) is 55.5 Å². The number of benzene rings is 2. The van der Waals surface area contributed by atoms with Gasteiger partial charge in [-0.15, -0.1) is 0 Å². The molecule has 0 radical (unpaired) electrons. The van der Waals surface area contributed by atoms with Crippen LogP contribution in [0.1, 0.15) is 32.1 Å². The SMILES string of the molecule is COc1cc(C(=O)N2CCN(CC(=O)c3cc(C)n(-c4ccccc4)c3C)CC2)cc(OC)c1OC. The van der Waals surface area contributed by atoms with Crippen molar-refractivity contribution >= 4 is 11.7 Å². The molecule has 0 aliphatic carbocycles. The van der Waals surface area contributed by atoms with Crippen molar-refractivity contribution in [2.24, 2.45) is 0 Å². The first-order valence-electron chi connectivity index (χ1n) is 12.0. The van der Waals surface area contributed by atoms with Crippen molar-refractivity contribution < 1.29 is 23.8 Å². The van der Waals surface area contributed by atoms with E-state index in [1.54, 1.807) is 17.0 Å². The second kappa shape index (κ2) is 10.9. The van der Waals surface area contributed by atoms with Crippen molar-refractivity contribution in [3.63, 3.8) is 0 Å². The van der Waals surface area contributed by atoms with Crippen LogP contribution in [0.2, 0.25) is 0 Å². The molecule has 2 heterocycles. The van der Waals surface area contributed by atoms with Gasteiger partial charge in [0.05, 0.1) is 27.9 Å². The molecule has 3 aromatic rings. The summed E-state index contributed by atoms with van der Waals surface area (Å²) in [4.78, 5) is 30.3. The van der Waals surface area contributed by atoms with E-state index >= 15 is 0 Å². The second-order valence-corrected chi connectivity index (χ2v) is 8.86. The number of ether oxygens (including phenoxy) is 3. The number of ketones is 1. The van der Waals surface area contributed by atoms with E-state index in [2.05, 4.69) is 9.47 Å². The van der Waals surface area contributed by atoms with Crippen LogP contribution in [0.3, 0.4) is 0 Å². The average Bonchev–Trinajstić information content (AvgIpc) is 3.21. The summed E-state index contributed by atoms with van der Waals surface area (Å²) in [5, 5.41) is 0. The molecule has 1 aromatic heterocycles. The fraction of sp³-hybridized carbons (Fsp3) is 0.357. The third-order valence-electron chi connectivity index (χ3n) is 6.68. The van der Waals surface area contributed by atoms with Crippen molar-refractivity contribution in [2.45, 2.75) is 13.8 Å². The summed E-state index contributed by atoms with van der Waals surface area (Å²) in [6.07, 6.45) is 0. The van der Waals surface area contributed by atoms with Crippen LogP contribution in [0.15, 0.2) is 48.5 Å². The third-order valence-corrected chi connectivity index (χ3v) is 6.68. The van der Waals surface area contributed by atoms with Crippen molar-refractivity contribution in [3.05, 3.63) is 71.0 Å². The van der Waals surface area contributed by atoms with E-state index in [-0.39, 0.29) is 11.7 Å². The van der Waals surface area contributed by atoms with Crippen LogP contribution in [0.25, 0.3) is 5.69 Å². The Balaban J connectivity index is 1.41. The Bertz CT molecular complexity index is 1220. The molecule has 8 nitrogen and oxygen atoms in total. The zero-order valence-electron chi connectivity index (χ0n) is 21.5. The summed E-state index contributed by atoms with van der Waals surface area (Å²) >= 11 is 0. The Hall–Kier alpha value is -3.78. The number of carbonyl (C=O) groups is 2. The van der Waals surface area contributed by atoms with Crippen molar-refractivity contribution in [3.8, 4) is 22.9 Å². The van der Waals surface area contributed by atoms with Gasteiger partial charge in [0, 0.05) is 54.4 Å². The van der Waals surface area contributed by atoms with Crippen LogP contribution < -0.4 is 14.2 Å². The molecular formula is C28H33N3O5. The molecule has 1 aliphatic rings. The van der Waals surface area contributed by atoms with Crippen molar-refractivity contribution in [1.29, 1.82) is 0 Å². The molecule has 8 heteroatoms. The first-order chi connectivity index (χ1) is 17.4. The van der Waals surface area contributed by atoms with Crippen LogP contribution in [0.4, 0.5) is 0 Å². The lowest BCUT2D eigenvalue weighted by molar-refractivity contribution is 0.0623. The molecule has 4 rings (SSSR count). The molecule has 190 valence electrons. The van der Waals surface area contributed by atoms with Gasteiger partial charge in [-0.1, -0.05) is 18.2 Å². The minimum atomic E-state index is -0.105. The molecule has 2 aromatic carbocycles. The predicted octanol–water partition coefficient (Wildman–Crippen LogP) is 3.76. The number of aryl methyl sites for hydroxylation is 1. The van der Waals surface area contributed by atoms with E-state index in [9.17, 15) is 9.59 Å².